The molecule has 1 aromatic heterocycles. The van der Waals surface area contributed by atoms with Crippen molar-refractivity contribution in [2.75, 3.05) is 0 Å². The first-order valence-corrected chi connectivity index (χ1v) is 6.15. The van der Waals surface area contributed by atoms with E-state index in [0.717, 1.165) is 5.75 Å². The normalized spacial score (nSPS) is 10.6. The predicted octanol–water partition coefficient (Wildman–Crippen LogP) is 2.17. The number of aryl methyl sites for hydroxylation is 1. The van der Waals surface area contributed by atoms with Crippen LogP contribution in [0.1, 0.15) is 11.3 Å². The standard InChI is InChI=1S/C12H15N3S/c1-15-9-14-7-11(15)8-16-12-4-2-10(6-13)3-5-12/h2-5,7,9H,6,8,13H2,1H3. The predicted molar refractivity (Wildman–Crippen MR) is 67.1 cm³/mol. The van der Waals surface area contributed by atoms with Crippen LogP contribution in [0.4, 0.5) is 0 Å². The van der Waals surface area contributed by atoms with Gasteiger partial charge in [-0.2, -0.15) is 0 Å². The topological polar surface area (TPSA) is 43.8 Å². The van der Waals surface area contributed by atoms with E-state index >= 15 is 0 Å². The molecule has 0 bridgehead atoms. The second-order valence-electron chi connectivity index (χ2n) is 3.63. The maximum absolute atomic E-state index is 5.55. The number of nitrogens with two attached hydrogens (primary N) is 1. The summed E-state index contributed by atoms with van der Waals surface area (Å²) in [4.78, 5) is 5.36. The maximum atomic E-state index is 5.55. The Morgan fingerprint density at radius 1 is 1.31 bits per heavy atom. The van der Waals surface area contributed by atoms with Crippen molar-refractivity contribution in [2.24, 2.45) is 12.8 Å². The lowest BCUT2D eigenvalue weighted by Gasteiger charge is -2.03. The van der Waals surface area contributed by atoms with Crippen molar-refractivity contribution in [1.29, 1.82) is 0 Å². The number of hydrogen-bond acceptors (Lipinski definition) is 3. The van der Waals surface area contributed by atoms with Gasteiger partial charge in [-0.3, -0.25) is 0 Å². The van der Waals surface area contributed by atoms with Gasteiger partial charge in [-0.25, -0.2) is 4.98 Å². The molecule has 0 unspecified atom stereocenters. The van der Waals surface area contributed by atoms with Crippen molar-refractivity contribution in [1.82, 2.24) is 9.55 Å². The number of hydrogen-bond donors (Lipinski definition) is 1. The summed E-state index contributed by atoms with van der Waals surface area (Å²) in [7, 11) is 2.01. The molecule has 0 aliphatic rings. The summed E-state index contributed by atoms with van der Waals surface area (Å²) < 4.78 is 2.04. The van der Waals surface area contributed by atoms with Crippen molar-refractivity contribution in [3.05, 3.63) is 48.0 Å². The molecule has 0 spiro atoms. The van der Waals surface area contributed by atoms with E-state index in [1.807, 2.05) is 35.9 Å². The van der Waals surface area contributed by atoms with Crippen LogP contribution in [-0.4, -0.2) is 9.55 Å². The molecule has 2 rings (SSSR count). The summed E-state index contributed by atoms with van der Waals surface area (Å²) in [6.45, 7) is 0.604. The van der Waals surface area contributed by atoms with Gasteiger partial charge in [0.15, 0.2) is 0 Å². The molecular formula is C12H15N3S. The molecule has 0 saturated carbocycles. The van der Waals surface area contributed by atoms with Crippen molar-refractivity contribution in [3.63, 3.8) is 0 Å². The van der Waals surface area contributed by atoms with Gasteiger partial charge >= 0.3 is 0 Å². The molecule has 0 aliphatic carbocycles. The first-order chi connectivity index (χ1) is 7.79. The van der Waals surface area contributed by atoms with Crippen LogP contribution in [0.3, 0.4) is 0 Å². The Morgan fingerprint density at radius 3 is 2.62 bits per heavy atom. The Kier molecular flexibility index (Phi) is 3.64. The summed E-state index contributed by atoms with van der Waals surface area (Å²) in [5.41, 5.74) is 7.95. The Morgan fingerprint density at radius 2 is 2.06 bits per heavy atom. The van der Waals surface area contributed by atoms with Gasteiger partial charge in [-0.05, 0) is 17.7 Å². The Balaban J connectivity index is 1.97. The van der Waals surface area contributed by atoms with E-state index in [0.29, 0.717) is 6.54 Å². The highest BCUT2D eigenvalue weighted by atomic mass is 32.2. The summed E-state index contributed by atoms with van der Waals surface area (Å²) >= 11 is 1.81. The van der Waals surface area contributed by atoms with Crippen molar-refractivity contribution in [2.45, 2.75) is 17.2 Å². The van der Waals surface area contributed by atoms with Crippen molar-refractivity contribution in [3.8, 4) is 0 Å². The molecule has 84 valence electrons. The van der Waals surface area contributed by atoms with Gasteiger partial charge < -0.3 is 10.3 Å². The lowest BCUT2D eigenvalue weighted by atomic mass is 10.2. The molecule has 0 fully saturated rings. The zero-order valence-electron chi connectivity index (χ0n) is 9.26. The number of imidazole rings is 1. The van der Waals surface area contributed by atoms with E-state index in [1.165, 1.54) is 16.2 Å². The minimum absolute atomic E-state index is 0.604. The van der Waals surface area contributed by atoms with E-state index in [1.54, 1.807) is 0 Å². The molecule has 0 amide bonds. The molecule has 16 heavy (non-hydrogen) atoms. The summed E-state index contributed by atoms with van der Waals surface area (Å²) in [5.74, 6) is 0.943. The van der Waals surface area contributed by atoms with E-state index in [2.05, 4.69) is 29.2 Å². The van der Waals surface area contributed by atoms with Crippen molar-refractivity contribution >= 4 is 11.8 Å². The lowest BCUT2D eigenvalue weighted by molar-refractivity contribution is 0.867. The molecule has 3 nitrogen and oxygen atoms in total. The molecule has 2 N–H and O–H groups in total. The first kappa shape index (κ1) is 11.2. The minimum Gasteiger partial charge on any atom is -0.337 e. The second kappa shape index (κ2) is 5.18. The Labute approximate surface area is 99.7 Å². The Bertz CT molecular complexity index is 448. The highest BCUT2D eigenvalue weighted by Crippen LogP contribution is 2.22. The largest absolute Gasteiger partial charge is 0.337 e. The average Bonchev–Trinajstić information content (AvgIpc) is 2.73. The fourth-order valence-electron chi connectivity index (χ4n) is 1.40. The summed E-state index contributed by atoms with van der Waals surface area (Å²) in [6.07, 6.45) is 3.73. The molecule has 0 atom stereocenters. The smallest absolute Gasteiger partial charge is 0.0945 e. The zero-order valence-corrected chi connectivity index (χ0v) is 10.1. The van der Waals surface area contributed by atoms with Crippen LogP contribution >= 0.6 is 11.8 Å². The van der Waals surface area contributed by atoms with Gasteiger partial charge in [0.25, 0.3) is 0 Å². The van der Waals surface area contributed by atoms with Gasteiger partial charge in [0, 0.05) is 36.1 Å². The maximum Gasteiger partial charge on any atom is 0.0945 e. The van der Waals surface area contributed by atoms with Gasteiger partial charge in [0.2, 0.25) is 0 Å². The van der Waals surface area contributed by atoms with Crippen LogP contribution in [0, 0.1) is 0 Å². The van der Waals surface area contributed by atoms with Crippen LogP contribution in [-0.2, 0) is 19.3 Å². The highest BCUT2D eigenvalue weighted by molar-refractivity contribution is 7.98. The zero-order chi connectivity index (χ0) is 11.4. The quantitative estimate of drug-likeness (QED) is 0.823. The number of aromatic nitrogens is 2. The van der Waals surface area contributed by atoms with Crippen LogP contribution in [0.25, 0.3) is 0 Å². The van der Waals surface area contributed by atoms with Crippen LogP contribution < -0.4 is 5.73 Å². The Hall–Kier alpha value is -1.26. The fourth-order valence-corrected chi connectivity index (χ4v) is 2.32. The number of benzene rings is 1. The van der Waals surface area contributed by atoms with Crippen molar-refractivity contribution < 1.29 is 0 Å². The fraction of sp³-hybridized carbons (Fsp3) is 0.250. The highest BCUT2D eigenvalue weighted by Gasteiger charge is 2.00. The molecule has 0 saturated heterocycles. The van der Waals surface area contributed by atoms with Crippen LogP contribution in [0.2, 0.25) is 0 Å². The minimum atomic E-state index is 0.604. The average molecular weight is 233 g/mol. The lowest BCUT2D eigenvalue weighted by Crippen LogP contribution is -1.95. The van der Waals surface area contributed by atoms with E-state index in [9.17, 15) is 0 Å². The van der Waals surface area contributed by atoms with Crippen LogP contribution in [0.15, 0.2) is 41.7 Å². The van der Waals surface area contributed by atoms with E-state index in [4.69, 9.17) is 5.73 Å². The molecular weight excluding hydrogens is 218 g/mol. The van der Waals surface area contributed by atoms with Gasteiger partial charge in [0.1, 0.15) is 0 Å². The van der Waals surface area contributed by atoms with E-state index < -0.39 is 0 Å². The third kappa shape index (κ3) is 2.65. The van der Waals surface area contributed by atoms with E-state index in [-0.39, 0.29) is 0 Å². The summed E-state index contributed by atoms with van der Waals surface area (Å²) in [5, 5.41) is 0. The monoisotopic (exact) mass is 233 g/mol. The summed E-state index contributed by atoms with van der Waals surface area (Å²) in [6, 6.07) is 8.38. The molecule has 4 heteroatoms. The van der Waals surface area contributed by atoms with Gasteiger partial charge in [-0.15, -0.1) is 11.8 Å². The third-order valence-corrected chi connectivity index (χ3v) is 3.51. The molecule has 0 radical (unpaired) electrons. The molecule has 1 heterocycles. The third-order valence-electron chi connectivity index (χ3n) is 2.46. The molecule has 0 aliphatic heterocycles. The second-order valence-corrected chi connectivity index (χ2v) is 4.68. The number of rotatable bonds is 4. The molecule has 1 aromatic carbocycles. The van der Waals surface area contributed by atoms with Gasteiger partial charge in [-0.1, -0.05) is 12.1 Å². The van der Waals surface area contributed by atoms with Crippen LogP contribution in [0.5, 0.6) is 0 Å². The van der Waals surface area contributed by atoms with Gasteiger partial charge in [0.05, 0.1) is 6.33 Å². The molecule has 2 aromatic rings. The number of thioether (sulfide) groups is 1. The SMILES string of the molecule is Cn1cncc1CSc1ccc(CN)cc1. The first-order valence-electron chi connectivity index (χ1n) is 5.16. The number of nitrogens with zero attached hydrogens (tertiary/aromatic N) is 2.